The third-order valence-electron chi connectivity index (χ3n) is 10.6. The van der Waals surface area contributed by atoms with Gasteiger partial charge in [-0.25, -0.2) is 0 Å². The van der Waals surface area contributed by atoms with Crippen molar-refractivity contribution in [2.45, 2.75) is 97.8 Å². The highest BCUT2D eigenvalue weighted by Gasteiger charge is 2.56. The summed E-state index contributed by atoms with van der Waals surface area (Å²) >= 11 is 0. The fourth-order valence-electron chi connectivity index (χ4n) is 8.24. The number of fused-ring (bicyclic) bond motifs is 1. The zero-order valence-corrected chi connectivity index (χ0v) is 28.0. The molecule has 1 aliphatic carbocycles. The predicted octanol–water partition coefficient (Wildman–Crippen LogP) is 6.32. The van der Waals surface area contributed by atoms with Gasteiger partial charge in [0.25, 0.3) is 0 Å². The quantitative estimate of drug-likeness (QED) is 0.188. The number of rotatable bonds is 12. The molecule has 3 aliphatic rings. The molecule has 4 atom stereocenters. The minimum atomic E-state index is -0.797. The Labute approximate surface area is 274 Å². The minimum Gasteiger partial charge on any atom is -0.507 e. The van der Waals surface area contributed by atoms with E-state index in [1.807, 2.05) is 51.1 Å². The maximum absolute atomic E-state index is 14.0. The third kappa shape index (κ3) is 7.17. The molecule has 3 N–H and O–H groups in total. The van der Waals surface area contributed by atoms with Crippen LogP contribution in [0, 0.1) is 31.6 Å². The number of nitrogens with zero attached hydrogens (tertiary/aromatic N) is 2. The number of hydrogen-bond donors (Lipinski definition) is 3. The number of likely N-dealkylation sites (tertiary alicyclic amines) is 2. The standard InChI is InChI=1S/C39H52N2O5/c1-5-10-27(21-29-19-25(3)37(44)26(4)20-29)13-14-34(43)35-30(6-2)22-32-36(33(35)24-42)39(46)41(38(32)45)31-15-17-40(18-16-31)23-28-11-8-7-9-12-28/h7-9,11-12,19-21,31-34,36,42-44H,5-6,10,13-18,22-24H2,1-4H3/b27-21+/t32-,33+,34-,36-/m1/s1. The van der Waals surface area contributed by atoms with E-state index in [9.17, 15) is 24.9 Å². The summed E-state index contributed by atoms with van der Waals surface area (Å²) in [5.41, 5.74) is 6.98. The lowest BCUT2D eigenvalue weighted by Gasteiger charge is -2.37. The summed E-state index contributed by atoms with van der Waals surface area (Å²) in [6, 6.07) is 14.2. The number of carbonyl (C=O) groups excluding carboxylic acids is 2. The average molecular weight is 629 g/mol. The van der Waals surface area contributed by atoms with Gasteiger partial charge in [0.1, 0.15) is 5.75 Å². The zero-order valence-electron chi connectivity index (χ0n) is 28.0. The van der Waals surface area contributed by atoms with Gasteiger partial charge in [0.15, 0.2) is 0 Å². The molecule has 0 unspecified atom stereocenters. The Hall–Kier alpha value is -3.26. The Morgan fingerprint density at radius 2 is 1.67 bits per heavy atom. The Bertz CT molecular complexity index is 1430. The number of hydrogen-bond acceptors (Lipinski definition) is 6. The second-order valence-electron chi connectivity index (χ2n) is 13.7. The number of phenols is 1. The third-order valence-corrected chi connectivity index (χ3v) is 10.6. The van der Waals surface area contributed by atoms with Crippen molar-refractivity contribution in [3.8, 4) is 5.75 Å². The van der Waals surface area contributed by atoms with Gasteiger partial charge in [-0.05, 0) is 98.8 Å². The van der Waals surface area contributed by atoms with E-state index < -0.39 is 23.9 Å². The molecule has 2 aromatic carbocycles. The van der Waals surface area contributed by atoms with Gasteiger partial charge in [0.2, 0.25) is 11.8 Å². The average Bonchev–Trinajstić information content (AvgIpc) is 3.30. The summed E-state index contributed by atoms with van der Waals surface area (Å²) < 4.78 is 0. The van der Waals surface area contributed by atoms with E-state index >= 15 is 0 Å². The van der Waals surface area contributed by atoms with Crippen LogP contribution in [0.5, 0.6) is 5.75 Å². The number of aliphatic hydroxyl groups is 2. The largest absolute Gasteiger partial charge is 0.507 e. The number of amides is 2. The number of phenolic OH excluding ortho intramolecular Hbond substituents is 1. The number of carbonyl (C=O) groups is 2. The summed E-state index contributed by atoms with van der Waals surface area (Å²) in [5, 5.41) is 32.6. The zero-order chi connectivity index (χ0) is 33.0. The van der Waals surface area contributed by atoms with Gasteiger partial charge in [-0.3, -0.25) is 19.4 Å². The molecule has 5 rings (SSSR count). The first kappa shape index (κ1) is 34.1. The fraction of sp³-hybridized carbons (Fsp3) is 0.538. The topological polar surface area (TPSA) is 101 Å². The molecule has 2 fully saturated rings. The van der Waals surface area contributed by atoms with Gasteiger partial charge in [-0.1, -0.05) is 67.8 Å². The summed E-state index contributed by atoms with van der Waals surface area (Å²) in [4.78, 5) is 31.8. The van der Waals surface area contributed by atoms with E-state index in [1.165, 1.54) is 11.1 Å². The maximum atomic E-state index is 14.0. The van der Waals surface area contributed by atoms with E-state index in [-0.39, 0.29) is 24.5 Å². The van der Waals surface area contributed by atoms with Crippen molar-refractivity contribution >= 4 is 17.9 Å². The van der Waals surface area contributed by atoms with E-state index in [1.54, 1.807) is 4.90 Å². The number of allylic oxidation sites excluding steroid dienone is 2. The number of aliphatic hydroxyl groups excluding tert-OH is 2. The van der Waals surface area contributed by atoms with Crippen molar-refractivity contribution in [1.29, 1.82) is 0 Å². The molecule has 0 aromatic heterocycles. The highest BCUT2D eigenvalue weighted by molar-refractivity contribution is 6.06. The number of imide groups is 1. The number of aromatic hydroxyl groups is 1. The maximum Gasteiger partial charge on any atom is 0.234 e. The summed E-state index contributed by atoms with van der Waals surface area (Å²) in [6.07, 6.45) is 7.06. The molecule has 2 aliphatic heterocycles. The molecule has 0 spiro atoms. The van der Waals surface area contributed by atoms with Crippen LogP contribution in [0.3, 0.4) is 0 Å². The molecular weight excluding hydrogens is 576 g/mol. The van der Waals surface area contributed by atoms with E-state index in [0.29, 0.717) is 31.4 Å². The van der Waals surface area contributed by atoms with E-state index in [2.05, 4.69) is 30.0 Å². The predicted molar refractivity (Wildman–Crippen MR) is 182 cm³/mol. The Balaban J connectivity index is 1.29. The van der Waals surface area contributed by atoms with Crippen molar-refractivity contribution in [1.82, 2.24) is 9.80 Å². The molecule has 2 aromatic rings. The Kier molecular flexibility index (Phi) is 11.2. The molecule has 46 heavy (non-hydrogen) atoms. The molecular formula is C39H52N2O5. The van der Waals surface area contributed by atoms with Gasteiger partial charge in [-0.15, -0.1) is 0 Å². The lowest BCUT2D eigenvalue weighted by atomic mass is 9.67. The SMILES string of the molecule is CCC/C(=C\c1cc(C)c(O)c(C)c1)CC[C@@H](O)C1=C(CC)C[C@H]2C(=O)N(C3CCN(Cc4ccccc4)CC3)C(=O)[C@H]2[C@H]1CO. The van der Waals surface area contributed by atoms with E-state index in [0.717, 1.165) is 73.2 Å². The van der Waals surface area contributed by atoms with E-state index in [4.69, 9.17) is 0 Å². The summed E-state index contributed by atoms with van der Waals surface area (Å²) in [5.74, 6) is -1.57. The van der Waals surface area contributed by atoms with Gasteiger partial charge >= 0.3 is 0 Å². The lowest BCUT2D eigenvalue weighted by Crippen LogP contribution is -2.47. The molecule has 2 amide bonds. The van der Waals surface area contributed by atoms with Crippen LogP contribution >= 0.6 is 0 Å². The monoisotopic (exact) mass is 628 g/mol. The van der Waals surface area contributed by atoms with Crippen molar-refractivity contribution in [3.05, 3.63) is 81.4 Å². The van der Waals surface area contributed by atoms with Crippen molar-refractivity contribution in [2.24, 2.45) is 17.8 Å². The van der Waals surface area contributed by atoms with Crippen LogP contribution in [-0.2, 0) is 16.1 Å². The summed E-state index contributed by atoms with van der Waals surface area (Å²) in [7, 11) is 0. The molecule has 2 heterocycles. The van der Waals surface area contributed by atoms with Gasteiger partial charge in [-0.2, -0.15) is 0 Å². The highest BCUT2D eigenvalue weighted by Crippen LogP contribution is 2.48. The van der Waals surface area contributed by atoms with Crippen LogP contribution in [0.15, 0.2) is 59.2 Å². The molecule has 248 valence electrons. The van der Waals surface area contributed by atoms with Crippen LogP contribution < -0.4 is 0 Å². The molecule has 2 saturated heterocycles. The lowest BCUT2D eigenvalue weighted by molar-refractivity contribution is -0.144. The van der Waals surface area contributed by atoms with Crippen molar-refractivity contribution < 1.29 is 24.9 Å². The van der Waals surface area contributed by atoms with Crippen molar-refractivity contribution in [3.63, 3.8) is 0 Å². The first-order valence-electron chi connectivity index (χ1n) is 17.3. The second-order valence-corrected chi connectivity index (χ2v) is 13.7. The first-order chi connectivity index (χ1) is 22.2. The second kappa shape index (κ2) is 15.1. The molecule has 7 nitrogen and oxygen atoms in total. The van der Waals surface area contributed by atoms with Gasteiger partial charge in [0, 0.05) is 31.6 Å². The molecule has 0 bridgehead atoms. The van der Waals surface area contributed by atoms with Crippen LogP contribution in [0.25, 0.3) is 6.08 Å². The molecule has 0 saturated carbocycles. The van der Waals surface area contributed by atoms with Crippen molar-refractivity contribution in [2.75, 3.05) is 19.7 Å². The summed E-state index contributed by atoms with van der Waals surface area (Å²) in [6.45, 7) is 10.2. The van der Waals surface area contributed by atoms with Gasteiger partial charge in [0.05, 0.1) is 24.5 Å². The fourth-order valence-corrected chi connectivity index (χ4v) is 8.24. The first-order valence-corrected chi connectivity index (χ1v) is 17.3. The number of piperidine rings is 1. The van der Waals surface area contributed by atoms with Crippen LogP contribution in [-0.4, -0.2) is 68.8 Å². The van der Waals surface area contributed by atoms with Gasteiger partial charge < -0.3 is 15.3 Å². The Morgan fingerprint density at radius 1 is 1.00 bits per heavy atom. The highest BCUT2D eigenvalue weighted by atomic mass is 16.3. The van der Waals surface area contributed by atoms with Crippen LogP contribution in [0.4, 0.5) is 0 Å². The number of benzene rings is 2. The number of aryl methyl sites for hydroxylation is 2. The minimum absolute atomic E-state index is 0.0953. The smallest absolute Gasteiger partial charge is 0.234 e. The molecule has 7 heteroatoms. The Morgan fingerprint density at radius 3 is 2.28 bits per heavy atom. The normalized spacial score (nSPS) is 23.7. The molecule has 0 radical (unpaired) electrons. The van der Waals surface area contributed by atoms with Crippen LogP contribution in [0.1, 0.15) is 87.5 Å². The van der Waals surface area contributed by atoms with Crippen LogP contribution in [0.2, 0.25) is 0 Å².